The minimum atomic E-state index is -1.50. The lowest BCUT2D eigenvalue weighted by Crippen LogP contribution is -2.49. The summed E-state index contributed by atoms with van der Waals surface area (Å²) in [6, 6.07) is 9.30. The summed E-state index contributed by atoms with van der Waals surface area (Å²) in [5.74, 6) is -3.45. The predicted molar refractivity (Wildman–Crippen MR) is 106 cm³/mol. The van der Waals surface area contributed by atoms with E-state index in [0.29, 0.717) is 26.3 Å². The first-order chi connectivity index (χ1) is 14.5. The van der Waals surface area contributed by atoms with Crippen LogP contribution in [0.15, 0.2) is 42.5 Å². The smallest absolute Gasteiger partial charge is 0.333 e. The van der Waals surface area contributed by atoms with Gasteiger partial charge in [-0.15, -0.1) is 0 Å². The molecule has 2 aromatic carbocycles. The molecule has 154 valence electrons. The van der Waals surface area contributed by atoms with Crippen LogP contribution in [0.1, 0.15) is 31.1 Å². The van der Waals surface area contributed by atoms with Gasteiger partial charge >= 0.3 is 6.03 Å². The molecule has 1 unspecified atom stereocenters. The Morgan fingerprint density at radius 1 is 1.00 bits per heavy atom. The number of carbonyl (C=O) groups excluding carboxylic acids is 4. The third kappa shape index (κ3) is 3.68. The summed E-state index contributed by atoms with van der Waals surface area (Å²) in [5, 5.41) is 13.7. The molecule has 3 N–H and O–H groups in total. The molecule has 0 radical (unpaired) electrons. The molecule has 1 aliphatic carbocycles. The van der Waals surface area contributed by atoms with Crippen LogP contribution in [0.25, 0.3) is 0 Å². The fourth-order valence-electron chi connectivity index (χ4n) is 3.55. The van der Waals surface area contributed by atoms with E-state index in [0.717, 1.165) is 0 Å². The maximum Gasteiger partial charge on any atom is 0.333 e. The quantitative estimate of drug-likeness (QED) is 0.518. The van der Waals surface area contributed by atoms with Gasteiger partial charge in [0.05, 0.1) is 24.5 Å². The van der Waals surface area contributed by atoms with E-state index < -0.39 is 29.3 Å². The van der Waals surface area contributed by atoms with E-state index in [-0.39, 0.29) is 28.1 Å². The van der Waals surface area contributed by atoms with Crippen LogP contribution in [-0.4, -0.2) is 59.8 Å². The number of benzene rings is 2. The lowest BCUT2D eigenvalue weighted by atomic mass is 9.93. The number of ketones is 3. The highest BCUT2D eigenvalue weighted by Gasteiger charge is 2.45. The van der Waals surface area contributed by atoms with Crippen molar-refractivity contribution in [1.82, 2.24) is 10.4 Å². The highest BCUT2D eigenvalue weighted by molar-refractivity contribution is 6.39. The Morgan fingerprint density at radius 2 is 1.70 bits per heavy atom. The van der Waals surface area contributed by atoms with Gasteiger partial charge in [-0.05, 0) is 30.3 Å². The number of rotatable bonds is 4. The number of Topliss-reactive ketones (excluding diaryl/α,β-unsaturated/α-hetero) is 3. The van der Waals surface area contributed by atoms with Crippen LogP contribution in [0.5, 0.6) is 5.75 Å². The van der Waals surface area contributed by atoms with Gasteiger partial charge in [0.2, 0.25) is 0 Å². The van der Waals surface area contributed by atoms with Gasteiger partial charge in [-0.1, -0.05) is 12.1 Å². The minimum Gasteiger partial charge on any atom is -0.508 e. The van der Waals surface area contributed by atoms with E-state index in [9.17, 15) is 24.3 Å². The molecule has 30 heavy (non-hydrogen) atoms. The van der Waals surface area contributed by atoms with Crippen LogP contribution in [0, 0.1) is 5.92 Å². The van der Waals surface area contributed by atoms with Crippen molar-refractivity contribution in [2.45, 2.75) is 0 Å². The van der Waals surface area contributed by atoms with Crippen LogP contribution >= 0.6 is 0 Å². The molecule has 1 aliphatic heterocycles. The Morgan fingerprint density at radius 3 is 2.40 bits per heavy atom. The molecular formula is C21H19N3O6. The number of nitrogens with one attached hydrogen (secondary N) is 2. The monoisotopic (exact) mass is 409 g/mol. The van der Waals surface area contributed by atoms with Gasteiger partial charge < -0.3 is 15.2 Å². The third-order valence-corrected chi connectivity index (χ3v) is 5.03. The number of hydrazine groups is 1. The fourth-order valence-corrected chi connectivity index (χ4v) is 3.55. The number of phenols is 1. The van der Waals surface area contributed by atoms with Gasteiger partial charge in [0.15, 0.2) is 17.3 Å². The molecule has 2 aromatic rings. The van der Waals surface area contributed by atoms with Crippen LogP contribution in [-0.2, 0) is 4.74 Å². The number of nitrogens with zero attached hydrogens (tertiary/aromatic N) is 1. The van der Waals surface area contributed by atoms with Gasteiger partial charge in [0.25, 0.3) is 0 Å². The van der Waals surface area contributed by atoms with Gasteiger partial charge in [-0.2, -0.15) is 0 Å². The molecule has 1 heterocycles. The molecule has 1 atom stereocenters. The molecule has 2 amide bonds. The fraction of sp³-hybridized carbons (Fsp3) is 0.238. The topological polar surface area (TPSA) is 125 Å². The average molecular weight is 409 g/mol. The van der Waals surface area contributed by atoms with Crippen LogP contribution < -0.4 is 10.7 Å². The van der Waals surface area contributed by atoms with Crippen molar-refractivity contribution in [3.63, 3.8) is 0 Å². The number of phenolic OH excluding ortho intramolecular Hbond substituents is 1. The maximum atomic E-state index is 13.0. The Balaban J connectivity index is 1.56. The zero-order valence-corrected chi connectivity index (χ0v) is 15.9. The molecule has 1 saturated heterocycles. The van der Waals surface area contributed by atoms with Crippen molar-refractivity contribution < 1.29 is 29.0 Å². The molecule has 4 rings (SSSR count). The Hall–Kier alpha value is -3.56. The normalized spacial score (nSPS) is 18.7. The second-order valence-electron chi connectivity index (χ2n) is 6.97. The highest BCUT2D eigenvalue weighted by atomic mass is 16.5. The summed E-state index contributed by atoms with van der Waals surface area (Å²) in [4.78, 5) is 50.9. The number of carbonyl (C=O) groups is 4. The van der Waals surface area contributed by atoms with E-state index in [1.54, 1.807) is 11.1 Å². The lowest BCUT2D eigenvalue weighted by Gasteiger charge is -2.27. The van der Waals surface area contributed by atoms with E-state index in [2.05, 4.69) is 10.7 Å². The molecule has 2 aliphatic rings. The highest BCUT2D eigenvalue weighted by Crippen LogP contribution is 2.34. The van der Waals surface area contributed by atoms with Crippen molar-refractivity contribution in [3.05, 3.63) is 59.2 Å². The second kappa shape index (κ2) is 8.05. The van der Waals surface area contributed by atoms with E-state index in [1.807, 2.05) is 0 Å². The molecule has 0 aromatic heterocycles. The SMILES string of the molecule is O=C(Nc1cccc2c1C(=O)C(C(=O)c1ccc(O)cc1)C2=O)NN1CCOCC1. The van der Waals surface area contributed by atoms with Crippen molar-refractivity contribution >= 4 is 29.1 Å². The summed E-state index contributed by atoms with van der Waals surface area (Å²) in [5.41, 5.74) is 3.10. The Labute approximate surface area is 171 Å². The molecule has 0 spiro atoms. The molecule has 9 nitrogen and oxygen atoms in total. The Kier molecular flexibility index (Phi) is 5.30. The first kappa shape index (κ1) is 19.7. The molecule has 1 fully saturated rings. The number of hydrogen-bond donors (Lipinski definition) is 3. The van der Waals surface area contributed by atoms with E-state index in [4.69, 9.17) is 4.74 Å². The van der Waals surface area contributed by atoms with Crippen molar-refractivity contribution in [2.75, 3.05) is 31.6 Å². The van der Waals surface area contributed by atoms with Gasteiger partial charge in [-0.3, -0.25) is 19.8 Å². The predicted octanol–water partition coefficient (Wildman–Crippen LogP) is 1.64. The largest absolute Gasteiger partial charge is 0.508 e. The van der Waals surface area contributed by atoms with Gasteiger partial charge in [-0.25, -0.2) is 9.80 Å². The summed E-state index contributed by atoms with van der Waals surface area (Å²) < 4.78 is 5.22. The second-order valence-corrected chi connectivity index (χ2v) is 6.97. The van der Waals surface area contributed by atoms with Gasteiger partial charge in [0, 0.05) is 24.2 Å². The average Bonchev–Trinajstić information content (AvgIpc) is 3.00. The number of amides is 2. The first-order valence-electron chi connectivity index (χ1n) is 9.40. The van der Waals surface area contributed by atoms with Gasteiger partial charge in [0.1, 0.15) is 11.7 Å². The minimum absolute atomic E-state index is 0.0248. The van der Waals surface area contributed by atoms with Crippen molar-refractivity contribution in [1.29, 1.82) is 0 Å². The third-order valence-electron chi connectivity index (χ3n) is 5.03. The zero-order chi connectivity index (χ0) is 21.3. The number of hydrogen-bond acceptors (Lipinski definition) is 7. The Bertz CT molecular complexity index is 1030. The van der Waals surface area contributed by atoms with Crippen LogP contribution in [0.3, 0.4) is 0 Å². The summed E-state index contributed by atoms with van der Waals surface area (Å²) >= 11 is 0. The number of ether oxygens (including phenoxy) is 1. The first-order valence-corrected chi connectivity index (χ1v) is 9.40. The summed E-state index contributed by atoms with van der Waals surface area (Å²) in [6.45, 7) is 2.05. The van der Waals surface area contributed by atoms with E-state index in [1.165, 1.54) is 36.4 Å². The van der Waals surface area contributed by atoms with Crippen LogP contribution in [0.2, 0.25) is 0 Å². The van der Waals surface area contributed by atoms with Crippen LogP contribution in [0.4, 0.5) is 10.5 Å². The standard InChI is InChI=1S/C21H19N3O6/c25-13-6-4-12(5-7-13)18(26)17-19(27)14-2-1-3-15(16(14)20(17)28)22-21(29)23-24-8-10-30-11-9-24/h1-7,17,25H,8-11H2,(H2,22,23,29). The zero-order valence-electron chi connectivity index (χ0n) is 15.9. The summed E-state index contributed by atoms with van der Waals surface area (Å²) in [6.07, 6.45) is 0. The summed E-state index contributed by atoms with van der Waals surface area (Å²) in [7, 11) is 0. The number of anilines is 1. The van der Waals surface area contributed by atoms with Crippen molar-refractivity contribution in [3.8, 4) is 5.75 Å². The molecule has 0 bridgehead atoms. The number of urea groups is 1. The van der Waals surface area contributed by atoms with E-state index >= 15 is 0 Å². The lowest BCUT2D eigenvalue weighted by molar-refractivity contribution is 0.0207. The molecule has 9 heteroatoms. The molecule has 0 saturated carbocycles. The van der Waals surface area contributed by atoms with Crippen molar-refractivity contribution in [2.24, 2.45) is 5.92 Å². The number of fused-ring (bicyclic) bond motifs is 1. The number of aromatic hydroxyl groups is 1. The maximum absolute atomic E-state index is 13.0. The number of morpholine rings is 1. The molecular weight excluding hydrogens is 390 g/mol.